The lowest BCUT2D eigenvalue weighted by atomic mass is 9.79. The molecule has 4 rings (SSSR count). The number of ether oxygens (including phenoxy) is 2. The van der Waals surface area contributed by atoms with E-state index in [2.05, 4.69) is 5.32 Å². The number of nitrogens with one attached hydrogen (secondary N) is 1. The Morgan fingerprint density at radius 3 is 2.00 bits per heavy atom. The van der Waals surface area contributed by atoms with Crippen LogP contribution in [0.3, 0.4) is 0 Å². The highest BCUT2D eigenvalue weighted by atomic mass is 16.5. The Balaban J connectivity index is 2.02. The van der Waals surface area contributed by atoms with Crippen LogP contribution < -0.4 is 5.32 Å². The maximum Gasteiger partial charge on any atom is 0.336 e. The van der Waals surface area contributed by atoms with Crippen LogP contribution in [0.5, 0.6) is 5.75 Å². The van der Waals surface area contributed by atoms with Crippen molar-refractivity contribution in [1.82, 2.24) is 15.1 Å². The summed E-state index contributed by atoms with van der Waals surface area (Å²) in [4.78, 5) is 25.9. The number of aromatic nitrogens is 2. The molecule has 0 amide bonds. The number of carbonyl (C=O) groups is 2. The first kappa shape index (κ1) is 22.8. The number of phenols is 1. The van der Waals surface area contributed by atoms with Crippen LogP contribution in [-0.4, -0.2) is 41.0 Å². The van der Waals surface area contributed by atoms with E-state index in [4.69, 9.17) is 14.6 Å². The number of para-hydroxylation sites is 1. The van der Waals surface area contributed by atoms with Crippen LogP contribution in [0, 0.1) is 0 Å². The zero-order valence-electron chi connectivity index (χ0n) is 19.3. The van der Waals surface area contributed by atoms with E-state index in [1.165, 1.54) is 14.2 Å². The molecule has 0 aliphatic carbocycles. The molecule has 0 atom stereocenters. The molecular formula is C26H25N3O5. The molecule has 0 bridgehead atoms. The molecule has 0 saturated carbocycles. The second-order valence-electron chi connectivity index (χ2n) is 7.88. The topological polar surface area (TPSA) is 103 Å². The summed E-state index contributed by atoms with van der Waals surface area (Å²) in [5, 5.41) is 17.7. The van der Waals surface area contributed by atoms with Gasteiger partial charge in [-0.25, -0.2) is 14.3 Å². The molecule has 3 aromatic rings. The number of phenolic OH excluding ortho intramolecular Hbond substituents is 1. The number of rotatable bonds is 5. The Labute approximate surface area is 197 Å². The number of hydrogen-bond acceptors (Lipinski definition) is 7. The average molecular weight is 460 g/mol. The predicted molar refractivity (Wildman–Crippen MR) is 126 cm³/mol. The minimum Gasteiger partial charge on any atom is -0.508 e. The van der Waals surface area contributed by atoms with E-state index in [0.717, 1.165) is 5.69 Å². The summed E-state index contributed by atoms with van der Waals surface area (Å²) in [7, 11) is 2.61. The van der Waals surface area contributed by atoms with Gasteiger partial charge in [0.2, 0.25) is 0 Å². The van der Waals surface area contributed by atoms with Gasteiger partial charge >= 0.3 is 11.9 Å². The highest BCUT2D eigenvalue weighted by Gasteiger charge is 2.40. The molecule has 0 spiro atoms. The Kier molecular flexibility index (Phi) is 6.23. The zero-order chi connectivity index (χ0) is 24.4. The summed E-state index contributed by atoms with van der Waals surface area (Å²) in [5.41, 5.74) is 4.43. The van der Waals surface area contributed by atoms with E-state index in [-0.39, 0.29) is 5.75 Å². The van der Waals surface area contributed by atoms with Crippen LogP contribution in [0.25, 0.3) is 16.9 Å². The van der Waals surface area contributed by atoms with Crippen molar-refractivity contribution in [2.24, 2.45) is 0 Å². The normalized spacial score (nSPS) is 14.1. The highest BCUT2D eigenvalue weighted by molar-refractivity contribution is 6.00. The standard InChI is InChI=1S/C26H25N3O5/c1-15-21(25(31)33-3)23(22(16(2)27-15)26(32)34-4)20-14-29(18-8-6-5-7-9-18)28-24(20)17-10-12-19(30)13-11-17/h5-14,23,27,30H,1-4H3. The van der Waals surface area contributed by atoms with Crippen LogP contribution in [0.1, 0.15) is 25.3 Å². The molecule has 174 valence electrons. The summed E-state index contributed by atoms with van der Waals surface area (Å²) >= 11 is 0. The smallest absolute Gasteiger partial charge is 0.336 e. The Bertz CT molecular complexity index is 1270. The Morgan fingerprint density at radius 1 is 0.912 bits per heavy atom. The summed E-state index contributed by atoms with van der Waals surface area (Å²) < 4.78 is 11.9. The third-order valence-corrected chi connectivity index (χ3v) is 5.79. The van der Waals surface area contributed by atoms with E-state index in [1.807, 2.05) is 30.3 Å². The molecule has 0 unspecified atom stereocenters. The maximum atomic E-state index is 12.9. The van der Waals surface area contributed by atoms with Gasteiger partial charge in [0, 0.05) is 28.7 Å². The molecule has 2 aromatic carbocycles. The summed E-state index contributed by atoms with van der Waals surface area (Å²) in [6, 6.07) is 16.1. The molecule has 8 nitrogen and oxygen atoms in total. The van der Waals surface area contributed by atoms with E-state index in [0.29, 0.717) is 39.4 Å². The van der Waals surface area contributed by atoms with E-state index in [1.54, 1.807) is 49.0 Å². The van der Waals surface area contributed by atoms with E-state index in [9.17, 15) is 14.7 Å². The van der Waals surface area contributed by atoms with Gasteiger partial charge in [-0.3, -0.25) is 0 Å². The lowest BCUT2D eigenvalue weighted by Gasteiger charge is -2.29. The molecule has 1 aliphatic heterocycles. The second kappa shape index (κ2) is 9.27. The first-order valence-corrected chi connectivity index (χ1v) is 10.6. The van der Waals surface area contributed by atoms with E-state index < -0.39 is 17.9 Å². The van der Waals surface area contributed by atoms with Gasteiger partial charge < -0.3 is 19.9 Å². The molecule has 0 saturated heterocycles. The number of esters is 2. The molecule has 8 heteroatoms. The third-order valence-electron chi connectivity index (χ3n) is 5.79. The lowest BCUT2D eigenvalue weighted by Crippen LogP contribution is -2.32. The number of carbonyl (C=O) groups excluding carboxylic acids is 2. The fourth-order valence-electron chi connectivity index (χ4n) is 4.22. The fourth-order valence-corrected chi connectivity index (χ4v) is 4.22. The quantitative estimate of drug-likeness (QED) is 0.559. The van der Waals surface area contributed by atoms with Crippen LogP contribution in [0.4, 0.5) is 0 Å². The monoisotopic (exact) mass is 459 g/mol. The number of dihydropyridines is 1. The summed E-state index contributed by atoms with van der Waals surface area (Å²) in [5.74, 6) is -1.80. The van der Waals surface area contributed by atoms with Crippen LogP contribution >= 0.6 is 0 Å². The minimum atomic E-state index is -0.789. The molecule has 0 fully saturated rings. The Morgan fingerprint density at radius 2 is 1.47 bits per heavy atom. The van der Waals surface area contributed by atoms with Crippen LogP contribution in [0.15, 0.2) is 83.3 Å². The second-order valence-corrected chi connectivity index (χ2v) is 7.88. The third kappa shape index (κ3) is 4.05. The van der Waals surface area contributed by atoms with Crippen molar-refractivity contribution in [1.29, 1.82) is 0 Å². The lowest BCUT2D eigenvalue weighted by molar-refractivity contribution is -0.137. The van der Waals surface area contributed by atoms with Gasteiger partial charge in [-0.05, 0) is 50.2 Å². The zero-order valence-corrected chi connectivity index (χ0v) is 19.3. The van der Waals surface area contributed by atoms with Gasteiger partial charge in [-0.15, -0.1) is 0 Å². The maximum absolute atomic E-state index is 12.9. The predicted octanol–water partition coefficient (Wildman–Crippen LogP) is 3.83. The van der Waals surface area contributed by atoms with E-state index >= 15 is 0 Å². The van der Waals surface area contributed by atoms with Gasteiger partial charge in [0.1, 0.15) is 5.75 Å². The first-order valence-electron chi connectivity index (χ1n) is 10.6. The van der Waals surface area contributed by atoms with Crippen LogP contribution in [0.2, 0.25) is 0 Å². The number of nitrogens with zero attached hydrogens (tertiary/aromatic N) is 2. The molecular weight excluding hydrogens is 434 g/mol. The average Bonchev–Trinajstić information content (AvgIpc) is 3.29. The largest absolute Gasteiger partial charge is 0.508 e. The number of hydrogen-bond donors (Lipinski definition) is 2. The minimum absolute atomic E-state index is 0.117. The number of methoxy groups -OCH3 is 2. The SMILES string of the molecule is COC(=O)C1=C(C)NC(C)=C(C(=O)OC)C1c1cn(-c2ccccc2)nc1-c1ccc(O)cc1. The van der Waals surface area contributed by atoms with Gasteiger partial charge in [-0.1, -0.05) is 18.2 Å². The molecule has 0 radical (unpaired) electrons. The summed E-state index contributed by atoms with van der Waals surface area (Å²) in [6.07, 6.45) is 1.81. The molecule has 2 heterocycles. The summed E-state index contributed by atoms with van der Waals surface area (Å²) in [6.45, 7) is 3.53. The number of benzene rings is 2. The molecule has 2 N–H and O–H groups in total. The van der Waals surface area contributed by atoms with Crippen LogP contribution in [-0.2, 0) is 19.1 Å². The number of aromatic hydroxyl groups is 1. The molecule has 34 heavy (non-hydrogen) atoms. The highest BCUT2D eigenvalue weighted by Crippen LogP contribution is 2.43. The van der Waals surface area contributed by atoms with Crippen molar-refractivity contribution < 1.29 is 24.2 Å². The van der Waals surface area contributed by atoms with Crippen molar-refractivity contribution in [3.05, 3.63) is 88.9 Å². The first-order chi connectivity index (χ1) is 16.3. The van der Waals surface area contributed by atoms with Crippen molar-refractivity contribution in [3.63, 3.8) is 0 Å². The van der Waals surface area contributed by atoms with Crippen molar-refractivity contribution in [3.8, 4) is 22.7 Å². The van der Waals surface area contributed by atoms with Crippen molar-refractivity contribution >= 4 is 11.9 Å². The van der Waals surface area contributed by atoms with Gasteiger partial charge in [0.25, 0.3) is 0 Å². The molecule has 1 aliphatic rings. The van der Waals surface area contributed by atoms with Crippen molar-refractivity contribution in [2.75, 3.05) is 14.2 Å². The van der Waals surface area contributed by atoms with Gasteiger partial charge in [-0.2, -0.15) is 5.10 Å². The van der Waals surface area contributed by atoms with Crippen molar-refractivity contribution in [2.45, 2.75) is 19.8 Å². The Hall–Kier alpha value is -4.33. The van der Waals surface area contributed by atoms with Gasteiger partial charge in [0.15, 0.2) is 0 Å². The van der Waals surface area contributed by atoms with Gasteiger partial charge in [0.05, 0.1) is 42.7 Å². The fraction of sp³-hybridized carbons (Fsp3) is 0.192. The molecule has 1 aromatic heterocycles. The number of allylic oxidation sites excluding steroid dienone is 2.